The molecule has 0 bridgehead atoms. The van der Waals surface area contributed by atoms with Gasteiger partial charge >= 0.3 is 0 Å². The molecule has 0 aliphatic carbocycles. The Morgan fingerprint density at radius 1 is 1.00 bits per heavy atom. The van der Waals surface area contributed by atoms with E-state index in [2.05, 4.69) is 50.4 Å². The summed E-state index contributed by atoms with van der Waals surface area (Å²) in [5, 5.41) is 13.0. The minimum absolute atomic E-state index is 0.665. The van der Waals surface area contributed by atoms with E-state index in [0.29, 0.717) is 6.54 Å². The molecule has 4 rings (SSSR count). The van der Waals surface area contributed by atoms with Crippen LogP contribution in [0, 0.1) is 27.7 Å². The molecule has 0 aliphatic rings. The second-order valence-electron chi connectivity index (χ2n) is 6.19. The molecule has 0 amide bonds. The molecule has 0 atom stereocenters. The summed E-state index contributed by atoms with van der Waals surface area (Å²) in [6.07, 6.45) is 3.50. The van der Waals surface area contributed by atoms with E-state index in [1.54, 1.807) is 17.7 Å². The standard InChI is InChI=1S/C18H18N6S/c1-9-5-13(6-19-11(9)3)7-20-17-16-15(21-8-22-17)14-10(2)12(4)23-24-18(14)25-16/h5-6,8H,7H2,1-4H3,(H,20,21,22). The fourth-order valence-corrected chi connectivity index (χ4v) is 3.89. The second kappa shape index (κ2) is 6.00. The van der Waals surface area contributed by atoms with Crippen LogP contribution in [-0.2, 0) is 6.54 Å². The minimum Gasteiger partial charge on any atom is -0.365 e. The molecule has 0 saturated heterocycles. The molecule has 4 aromatic rings. The van der Waals surface area contributed by atoms with Crippen LogP contribution >= 0.6 is 11.3 Å². The quantitative estimate of drug-likeness (QED) is 0.604. The van der Waals surface area contributed by atoms with Crippen molar-refractivity contribution in [2.24, 2.45) is 0 Å². The molecule has 0 aliphatic heterocycles. The Hall–Kier alpha value is -2.67. The summed E-state index contributed by atoms with van der Waals surface area (Å²) in [7, 11) is 0. The lowest BCUT2D eigenvalue weighted by Gasteiger charge is -2.08. The molecule has 0 spiro atoms. The normalized spacial score (nSPS) is 11.4. The Balaban J connectivity index is 1.75. The van der Waals surface area contributed by atoms with Crippen molar-refractivity contribution in [2.45, 2.75) is 34.2 Å². The lowest BCUT2D eigenvalue weighted by molar-refractivity contribution is 1.01. The van der Waals surface area contributed by atoms with E-state index in [1.165, 1.54) is 5.56 Å². The predicted octanol–water partition coefficient (Wildman–Crippen LogP) is 3.88. The van der Waals surface area contributed by atoms with Crippen molar-refractivity contribution in [3.05, 3.63) is 46.7 Å². The molecule has 0 unspecified atom stereocenters. The minimum atomic E-state index is 0.665. The molecule has 0 saturated carbocycles. The lowest BCUT2D eigenvalue weighted by Crippen LogP contribution is -2.03. The van der Waals surface area contributed by atoms with Crippen LogP contribution in [0.5, 0.6) is 0 Å². The highest BCUT2D eigenvalue weighted by atomic mass is 32.1. The van der Waals surface area contributed by atoms with E-state index in [-0.39, 0.29) is 0 Å². The molecular weight excluding hydrogens is 332 g/mol. The maximum absolute atomic E-state index is 4.49. The number of hydrogen-bond acceptors (Lipinski definition) is 7. The zero-order valence-electron chi connectivity index (χ0n) is 14.6. The van der Waals surface area contributed by atoms with Crippen LogP contribution in [-0.4, -0.2) is 25.1 Å². The molecule has 25 heavy (non-hydrogen) atoms. The van der Waals surface area contributed by atoms with Gasteiger partial charge in [0.15, 0.2) is 0 Å². The topological polar surface area (TPSA) is 76.5 Å². The van der Waals surface area contributed by atoms with Crippen molar-refractivity contribution in [1.82, 2.24) is 25.1 Å². The largest absolute Gasteiger partial charge is 0.365 e. The first kappa shape index (κ1) is 15.8. The Morgan fingerprint density at radius 2 is 1.84 bits per heavy atom. The third-order valence-corrected chi connectivity index (χ3v) is 5.59. The van der Waals surface area contributed by atoms with Gasteiger partial charge in [-0.25, -0.2) is 9.97 Å². The van der Waals surface area contributed by atoms with Gasteiger partial charge in [0.2, 0.25) is 0 Å². The van der Waals surface area contributed by atoms with Gasteiger partial charge in [-0.05, 0) is 44.4 Å². The van der Waals surface area contributed by atoms with Gasteiger partial charge in [0, 0.05) is 23.8 Å². The monoisotopic (exact) mass is 350 g/mol. The smallest absolute Gasteiger partial charge is 0.149 e. The van der Waals surface area contributed by atoms with Crippen LogP contribution < -0.4 is 5.32 Å². The predicted molar refractivity (Wildman–Crippen MR) is 101 cm³/mol. The zero-order valence-corrected chi connectivity index (χ0v) is 15.4. The summed E-state index contributed by atoms with van der Waals surface area (Å²) in [4.78, 5) is 14.2. The summed E-state index contributed by atoms with van der Waals surface area (Å²) in [5.74, 6) is 0.822. The zero-order chi connectivity index (χ0) is 17.6. The first-order valence-corrected chi connectivity index (χ1v) is 8.89. The number of thiophene rings is 1. The summed E-state index contributed by atoms with van der Waals surface area (Å²) >= 11 is 1.58. The summed E-state index contributed by atoms with van der Waals surface area (Å²) in [6, 6.07) is 2.15. The van der Waals surface area contributed by atoms with Gasteiger partial charge in [0.25, 0.3) is 0 Å². The van der Waals surface area contributed by atoms with Gasteiger partial charge in [-0.15, -0.1) is 16.4 Å². The molecule has 0 fully saturated rings. The van der Waals surface area contributed by atoms with Gasteiger partial charge in [-0.3, -0.25) is 4.98 Å². The van der Waals surface area contributed by atoms with E-state index in [9.17, 15) is 0 Å². The van der Waals surface area contributed by atoms with Crippen LogP contribution in [0.15, 0.2) is 18.6 Å². The Kier molecular flexibility index (Phi) is 3.80. The van der Waals surface area contributed by atoms with E-state index in [0.717, 1.165) is 48.8 Å². The van der Waals surface area contributed by atoms with Crippen LogP contribution in [0.4, 0.5) is 5.82 Å². The summed E-state index contributed by atoms with van der Waals surface area (Å²) < 4.78 is 1.01. The maximum atomic E-state index is 4.49. The number of hydrogen-bond donors (Lipinski definition) is 1. The molecule has 0 radical (unpaired) electrons. The van der Waals surface area contributed by atoms with Gasteiger partial charge in [-0.1, -0.05) is 6.07 Å². The number of aromatic nitrogens is 5. The first-order chi connectivity index (χ1) is 12.0. The Morgan fingerprint density at radius 3 is 2.64 bits per heavy atom. The highest BCUT2D eigenvalue weighted by Gasteiger charge is 2.15. The first-order valence-electron chi connectivity index (χ1n) is 8.07. The van der Waals surface area contributed by atoms with Crippen LogP contribution in [0.3, 0.4) is 0 Å². The number of anilines is 1. The molecular formula is C18H18N6S. The van der Waals surface area contributed by atoms with Gasteiger partial charge in [0.1, 0.15) is 17.0 Å². The highest BCUT2D eigenvalue weighted by molar-refractivity contribution is 7.25. The third-order valence-electron chi connectivity index (χ3n) is 4.52. The molecule has 126 valence electrons. The number of pyridine rings is 1. The van der Waals surface area contributed by atoms with Crippen molar-refractivity contribution in [3.8, 4) is 0 Å². The van der Waals surface area contributed by atoms with Crippen molar-refractivity contribution in [2.75, 3.05) is 5.32 Å². The third kappa shape index (κ3) is 2.70. The summed E-state index contributed by atoms with van der Waals surface area (Å²) in [5.41, 5.74) is 6.37. The number of fused-ring (bicyclic) bond motifs is 3. The molecule has 6 nitrogen and oxygen atoms in total. The van der Waals surface area contributed by atoms with Crippen LogP contribution in [0.25, 0.3) is 20.4 Å². The van der Waals surface area contributed by atoms with Crippen molar-refractivity contribution in [1.29, 1.82) is 0 Å². The Labute approximate surface area is 149 Å². The molecule has 4 aromatic heterocycles. The highest BCUT2D eigenvalue weighted by Crippen LogP contribution is 2.36. The maximum Gasteiger partial charge on any atom is 0.149 e. The number of nitrogens with zero attached hydrogens (tertiary/aromatic N) is 5. The molecule has 1 N–H and O–H groups in total. The van der Waals surface area contributed by atoms with Crippen LogP contribution in [0.2, 0.25) is 0 Å². The van der Waals surface area contributed by atoms with Crippen LogP contribution in [0.1, 0.15) is 28.1 Å². The van der Waals surface area contributed by atoms with Crippen molar-refractivity contribution >= 4 is 37.6 Å². The van der Waals surface area contributed by atoms with Gasteiger partial charge in [0.05, 0.1) is 15.9 Å². The SMILES string of the molecule is Cc1cc(CNc2ncnc3c2sc2nnc(C)c(C)c23)cnc1C. The second-order valence-corrected chi connectivity index (χ2v) is 7.19. The van der Waals surface area contributed by atoms with Crippen molar-refractivity contribution in [3.63, 3.8) is 0 Å². The fourth-order valence-electron chi connectivity index (χ4n) is 2.79. The molecule has 4 heterocycles. The van der Waals surface area contributed by atoms with E-state index in [4.69, 9.17) is 0 Å². The average Bonchev–Trinajstić information content (AvgIpc) is 2.99. The fraction of sp³-hybridized carbons (Fsp3) is 0.278. The van der Waals surface area contributed by atoms with E-state index >= 15 is 0 Å². The molecule has 0 aromatic carbocycles. The number of rotatable bonds is 3. The van der Waals surface area contributed by atoms with E-state index in [1.807, 2.05) is 20.0 Å². The number of aryl methyl sites for hydroxylation is 4. The number of nitrogens with one attached hydrogen (secondary N) is 1. The lowest BCUT2D eigenvalue weighted by atomic mass is 10.1. The molecule has 7 heteroatoms. The van der Waals surface area contributed by atoms with Crippen molar-refractivity contribution < 1.29 is 0 Å². The Bertz CT molecular complexity index is 1100. The summed E-state index contributed by atoms with van der Waals surface area (Å²) in [6.45, 7) is 8.79. The van der Waals surface area contributed by atoms with Gasteiger partial charge < -0.3 is 5.32 Å². The van der Waals surface area contributed by atoms with Gasteiger partial charge in [-0.2, -0.15) is 5.10 Å². The average molecular weight is 350 g/mol. The van der Waals surface area contributed by atoms with E-state index < -0.39 is 0 Å².